The van der Waals surface area contributed by atoms with Crippen molar-refractivity contribution in [3.8, 4) is 17.2 Å². The number of methoxy groups -OCH3 is 1. The molecule has 29 heavy (non-hydrogen) atoms. The van der Waals surface area contributed by atoms with Gasteiger partial charge in [0.15, 0.2) is 11.5 Å². The zero-order valence-corrected chi connectivity index (χ0v) is 16.8. The summed E-state index contributed by atoms with van der Waals surface area (Å²) >= 11 is 0. The first-order valence-corrected chi connectivity index (χ1v) is 9.14. The molecule has 2 aromatic carbocycles. The van der Waals surface area contributed by atoms with Gasteiger partial charge in [-0.2, -0.15) is 0 Å². The minimum atomic E-state index is -0.638. The van der Waals surface area contributed by atoms with E-state index < -0.39 is 11.7 Å². The molecule has 0 saturated heterocycles. The van der Waals surface area contributed by atoms with Crippen molar-refractivity contribution in [3.05, 3.63) is 42.0 Å². The monoisotopic (exact) mass is 400 g/mol. The van der Waals surface area contributed by atoms with E-state index in [0.717, 1.165) is 0 Å². The van der Waals surface area contributed by atoms with Crippen molar-refractivity contribution in [3.63, 3.8) is 0 Å². The number of fused-ring (bicyclic) bond motifs is 1. The number of benzene rings is 2. The normalized spacial score (nSPS) is 12.7. The van der Waals surface area contributed by atoms with Gasteiger partial charge < -0.3 is 24.3 Å². The highest BCUT2D eigenvalue weighted by Crippen LogP contribution is 2.32. The lowest BCUT2D eigenvalue weighted by Crippen LogP contribution is -2.27. The lowest BCUT2D eigenvalue weighted by Gasteiger charge is -2.20. The molecule has 1 aliphatic heterocycles. The number of amides is 2. The fourth-order valence-electron chi connectivity index (χ4n) is 2.68. The van der Waals surface area contributed by atoms with Crippen LogP contribution in [0.15, 0.2) is 36.4 Å². The Balaban J connectivity index is 1.75. The Hall–Kier alpha value is -3.42. The molecule has 0 radical (unpaired) electrons. The Morgan fingerprint density at radius 1 is 0.966 bits per heavy atom. The van der Waals surface area contributed by atoms with Crippen molar-refractivity contribution in [2.24, 2.45) is 0 Å². The molecule has 2 aromatic rings. The summed E-state index contributed by atoms with van der Waals surface area (Å²) in [6.07, 6.45) is -0.619. The molecule has 1 aliphatic rings. The van der Waals surface area contributed by atoms with E-state index >= 15 is 0 Å². The van der Waals surface area contributed by atoms with Crippen LogP contribution in [0.4, 0.5) is 16.2 Å². The van der Waals surface area contributed by atoms with Gasteiger partial charge in [0.25, 0.3) is 5.91 Å². The number of hydrogen-bond donors (Lipinski definition) is 2. The third-order valence-electron chi connectivity index (χ3n) is 3.90. The molecule has 2 amide bonds. The molecule has 0 fully saturated rings. The number of rotatable bonds is 4. The molecule has 0 atom stereocenters. The van der Waals surface area contributed by atoms with Crippen molar-refractivity contribution in [1.82, 2.24) is 0 Å². The van der Waals surface area contributed by atoms with Crippen LogP contribution in [0.1, 0.15) is 31.1 Å². The van der Waals surface area contributed by atoms with Gasteiger partial charge in [0.05, 0.1) is 12.8 Å². The number of carbonyl (C=O) groups excluding carboxylic acids is 2. The van der Waals surface area contributed by atoms with Crippen molar-refractivity contribution in [1.29, 1.82) is 0 Å². The summed E-state index contributed by atoms with van der Waals surface area (Å²) in [6.45, 7) is 6.24. The predicted octanol–water partition coefficient (Wildman–Crippen LogP) is 4.07. The molecule has 0 spiro atoms. The molecule has 0 unspecified atom stereocenters. The second-order valence-corrected chi connectivity index (χ2v) is 7.35. The predicted molar refractivity (Wildman–Crippen MR) is 108 cm³/mol. The summed E-state index contributed by atoms with van der Waals surface area (Å²) < 4.78 is 21.5. The second kappa shape index (κ2) is 8.30. The topological polar surface area (TPSA) is 95.1 Å². The number of ether oxygens (including phenoxy) is 4. The Kier molecular flexibility index (Phi) is 5.81. The fraction of sp³-hybridized carbons (Fsp3) is 0.333. The van der Waals surface area contributed by atoms with E-state index in [1.807, 2.05) is 0 Å². The van der Waals surface area contributed by atoms with Crippen LogP contribution in [-0.2, 0) is 4.74 Å². The molecule has 2 N–H and O–H groups in total. The van der Waals surface area contributed by atoms with Crippen LogP contribution >= 0.6 is 0 Å². The summed E-state index contributed by atoms with van der Waals surface area (Å²) in [7, 11) is 1.49. The average molecular weight is 400 g/mol. The number of carbonyl (C=O) groups is 2. The third-order valence-corrected chi connectivity index (χ3v) is 3.90. The lowest BCUT2D eigenvalue weighted by atomic mass is 10.1. The minimum Gasteiger partial charge on any atom is -0.495 e. The van der Waals surface area contributed by atoms with E-state index in [9.17, 15) is 9.59 Å². The van der Waals surface area contributed by atoms with Gasteiger partial charge in [-0.05, 0) is 57.2 Å². The van der Waals surface area contributed by atoms with Crippen molar-refractivity contribution in [2.45, 2.75) is 26.4 Å². The summed E-state index contributed by atoms with van der Waals surface area (Å²) in [6, 6.07) is 9.91. The Bertz CT molecular complexity index is 920. The Morgan fingerprint density at radius 3 is 2.38 bits per heavy atom. The number of hydrogen-bond acceptors (Lipinski definition) is 6. The molecule has 0 aromatic heterocycles. The Labute approximate surface area is 169 Å². The average Bonchev–Trinajstić information content (AvgIpc) is 2.66. The fourth-order valence-corrected chi connectivity index (χ4v) is 2.68. The molecule has 1 heterocycles. The summed E-state index contributed by atoms with van der Waals surface area (Å²) in [5, 5.41) is 5.43. The van der Waals surface area contributed by atoms with Crippen LogP contribution in [0.2, 0.25) is 0 Å². The largest absolute Gasteiger partial charge is 0.495 e. The zero-order chi connectivity index (χ0) is 21.0. The molecule has 0 aliphatic carbocycles. The van der Waals surface area contributed by atoms with Crippen LogP contribution in [0, 0.1) is 0 Å². The number of nitrogens with one attached hydrogen (secondary N) is 2. The van der Waals surface area contributed by atoms with Gasteiger partial charge in [0.2, 0.25) is 0 Å². The maximum absolute atomic E-state index is 12.6. The van der Waals surface area contributed by atoms with Crippen LogP contribution in [-0.4, -0.2) is 37.9 Å². The smallest absolute Gasteiger partial charge is 0.412 e. The summed E-state index contributed by atoms with van der Waals surface area (Å²) in [5.74, 6) is 1.26. The van der Waals surface area contributed by atoms with Gasteiger partial charge >= 0.3 is 6.09 Å². The Morgan fingerprint density at radius 2 is 1.69 bits per heavy atom. The molecular formula is C21H24N2O6. The van der Waals surface area contributed by atoms with Crippen LogP contribution in [0.3, 0.4) is 0 Å². The first-order chi connectivity index (χ1) is 13.7. The van der Waals surface area contributed by atoms with E-state index in [1.165, 1.54) is 7.11 Å². The highest BCUT2D eigenvalue weighted by molar-refractivity contribution is 6.05. The summed E-state index contributed by atoms with van der Waals surface area (Å²) in [5.41, 5.74) is 0.645. The maximum Gasteiger partial charge on any atom is 0.412 e. The van der Waals surface area contributed by atoms with E-state index in [4.69, 9.17) is 18.9 Å². The highest BCUT2D eigenvalue weighted by Gasteiger charge is 2.19. The van der Waals surface area contributed by atoms with Gasteiger partial charge in [-0.25, -0.2) is 4.79 Å². The zero-order valence-electron chi connectivity index (χ0n) is 16.8. The molecule has 154 valence electrons. The van der Waals surface area contributed by atoms with Gasteiger partial charge in [0.1, 0.15) is 24.6 Å². The quantitative estimate of drug-likeness (QED) is 0.803. The molecular weight excluding hydrogens is 376 g/mol. The first kappa shape index (κ1) is 20.3. The highest BCUT2D eigenvalue weighted by atomic mass is 16.6. The van der Waals surface area contributed by atoms with Gasteiger partial charge in [0, 0.05) is 11.3 Å². The van der Waals surface area contributed by atoms with Crippen LogP contribution < -0.4 is 24.8 Å². The summed E-state index contributed by atoms with van der Waals surface area (Å²) in [4.78, 5) is 24.7. The third kappa shape index (κ3) is 5.31. The van der Waals surface area contributed by atoms with Crippen molar-refractivity contribution in [2.75, 3.05) is 31.0 Å². The molecule has 0 bridgehead atoms. The maximum atomic E-state index is 12.6. The second-order valence-electron chi connectivity index (χ2n) is 7.35. The van der Waals surface area contributed by atoms with E-state index in [1.54, 1.807) is 57.2 Å². The standard InChI is InChI=1S/C21H24N2O6/c1-21(2,3)29-20(25)23-15-12-14(6-8-16(15)26-4)22-19(24)13-5-7-17-18(11-13)28-10-9-27-17/h5-8,11-12H,9-10H2,1-4H3,(H,22,24)(H,23,25). The van der Waals surface area contributed by atoms with E-state index in [2.05, 4.69) is 10.6 Å². The number of anilines is 2. The van der Waals surface area contributed by atoms with Gasteiger partial charge in [-0.1, -0.05) is 0 Å². The van der Waals surface area contributed by atoms with Crippen molar-refractivity contribution >= 4 is 23.4 Å². The van der Waals surface area contributed by atoms with Crippen LogP contribution in [0.25, 0.3) is 0 Å². The van der Waals surface area contributed by atoms with Crippen LogP contribution in [0.5, 0.6) is 17.2 Å². The minimum absolute atomic E-state index is 0.324. The SMILES string of the molecule is COc1ccc(NC(=O)c2ccc3c(c2)OCCO3)cc1NC(=O)OC(C)(C)C. The molecule has 3 rings (SSSR count). The first-order valence-electron chi connectivity index (χ1n) is 9.14. The molecule has 8 nitrogen and oxygen atoms in total. The van der Waals surface area contributed by atoms with E-state index in [-0.39, 0.29) is 5.91 Å². The molecule has 0 saturated carbocycles. The lowest BCUT2D eigenvalue weighted by molar-refractivity contribution is 0.0635. The molecule has 8 heteroatoms. The van der Waals surface area contributed by atoms with Gasteiger partial charge in [-0.15, -0.1) is 0 Å². The van der Waals surface area contributed by atoms with Gasteiger partial charge in [-0.3, -0.25) is 10.1 Å². The van der Waals surface area contributed by atoms with E-state index in [0.29, 0.717) is 47.4 Å². The van der Waals surface area contributed by atoms with Crippen molar-refractivity contribution < 1.29 is 28.5 Å².